The van der Waals surface area contributed by atoms with Crippen LogP contribution in [0.2, 0.25) is 0 Å². The summed E-state index contributed by atoms with van der Waals surface area (Å²) >= 11 is 0. The molecular formula is C17H20F6N4O. The minimum absolute atomic E-state index is 0.0188. The molecule has 2 N–H and O–H groups in total. The molecule has 1 heterocycles. The molecule has 156 valence electrons. The zero-order chi connectivity index (χ0) is 20.9. The van der Waals surface area contributed by atoms with Gasteiger partial charge in [0.15, 0.2) is 6.61 Å². The number of likely N-dealkylation sites (N-methyl/N-ethyl adjacent to an activating group) is 2. The number of H-pyrrole nitrogens is 1. The van der Waals surface area contributed by atoms with Crippen LogP contribution < -0.4 is 10.1 Å². The van der Waals surface area contributed by atoms with Gasteiger partial charge in [-0.1, -0.05) is 0 Å². The van der Waals surface area contributed by atoms with Crippen molar-refractivity contribution in [3.63, 3.8) is 0 Å². The molecule has 0 saturated heterocycles. The minimum atomic E-state index is -4.74. The number of alkyl halides is 6. The van der Waals surface area contributed by atoms with Gasteiger partial charge in [-0.25, -0.2) is 0 Å². The highest BCUT2D eigenvalue weighted by atomic mass is 19.4. The Morgan fingerprint density at radius 3 is 2.46 bits per heavy atom. The van der Waals surface area contributed by atoms with Crippen LogP contribution in [-0.2, 0) is 12.7 Å². The van der Waals surface area contributed by atoms with Crippen LogP contribution in [0.5, 0.6) is 5.75 Å². The first-order chi connectivity index (χ1) is 13.0. The maximum absolute atomic E-state index is 13.2. The van der Waals surface area contributed by atoms with E-state index in [9.17, 15) is 26.3 Å². The second-order valence-corrected chi connectivity index (χ2v) is 6.25. The predicted molar refractivity (Wildman–Crippen MR) is 90.8 cm³/mol. The molecular weight excluding hydrogens is 390 g/mol. The van der Waals surface area contributed by atoms with Crippen molar-refractivity contribution in [2.45, 2.75) is 18.9 Å². The van der Waals surface area contributed by atoms with Crippen molar-refractivity contribution >= 4 is 0 Å². The highest BCUT2D eigenvalue weighted by molar-refractivity contribution is 5.66. The number of hydrogen-bond acceptors (Lipinski definition) is 4. The molecule has 0 radical (unpaired) electrons. The molecule has 0 saturated carbocycles. The molecule has 0 amide bonds. The Bertz CT molecular complexity index is 772. The molecule has 2 rings (SSSR count). The second kappa shape index (κ2) is 8.82. The summed E-state index contributed by atoms with van der Waals surface area (Å²) < 4.78 is 81.3. The molecule has 11 heteroatoms. The Morgan fingerprint density at radius 2 is 1.86 bits per heavy atom. The Morgan fingerprint density at radius 1 is 1.14 bits per heavy atom. The zero-order valence-electron chi connectivity index (χ0n) is 15.2. The van der Waals surface area contributed by atoms with Crippen molar-refractivity contribution in [1.82, 2.24) is 20.4 Å². The number of nitrogens with zero attached hydrogens (tertiary/aromatic N) is 2. The monoisotopic (exact) mass is 410 g/mol. The van der Waals surface area contributed by atoms with E-state index >= 15 is 0 Å². The van der Waals surface area contributed by atoms with Crippen molar-refractivity contribution in [2.24, 2.45) is 0 Å². The maximum Gasteiger partial charge on any atom is 0.422 e. The fraction of sp³-hybridized carbons (Fsp3) is 0.471. The normalized spacial score (nSPS) is 12.6. The number of halogens is 6. The van der Waals surface area contributed by atoms with Crippen molar-refractivity contribution in [3.8, 4) is 17.0 Å². The number of rotatable bonds is 8. The summed E-state index contributed by atoms with van der Waals surface area (Å²) in [5.41, 5.74) is -0.260. The molecule has 0 unspecified atom stereocenters. The molecule has 0 atom stereocenters. The summed E-state index contributed by atoms with van der Waals surface area (Å²) in [4.78, 5) is 1.93. The number of ether oxygens (including phenoxy) is 1. The van der Waals surface area contributed by atoms with Gasteiger partial charge in [0.25, 0.3) is 0 Å². The van der Waals surface area contributed by atoms with Gasteiger partial charge in [-0.15, -0.1) is 0 Å². The van der Waals surface area contributed by atoms with E-state index in [1.165, 1.54) is 0 Å². The first-order valence-corrected chi connectivity index (χ1v) is 8.27. The van der Waals surface area contributed by atoms with Crippen molar-refractivity contribution in [1.29, 1.82) is 0 Å². The largest absolute Gasteiger partial charge is 0.484 e. The van der Waals surface area contributed by atoms with E-state index in [-0.39, 0.29) is 11.3 Å². The van der Waals surface area contributed by atoms with Crippen molar-refractivity contribution in [3.05, 3.63) is 35.5 Å². The third-order valence-corrected chi connectivity index (χ3v) is 3.81. The highest BCUT2D eigenvalue weighted by Gasteiger charge is 2.33. The van der Waals surface area contributed by atoms with E-state index in [1.54, 1.807) is 13.2 Å². The van der Waals surface area contributed by atoms with E-state index in [0.717, 1.165) is 12.1 Å². The van der Waals surface area contributed by atoms with E-state index in [0.29, 0.717) is 31.3 Å². The van der Waals surface area contributed by atoms with Gasteiger partial charge in [-0.05, 0) is 32.3 Å². The average Bonchev–Trinajstić information content (AvgIpc) is 3.04. The van der Waals surface area contributed by atoms with Gasteiger partial charge in [0.05, 0.1) is 11.3 Å². The van der Waals surface area contributed by atoms with Crippen molar-refractivity contribution < 1.29 is 31.1 Å². The first kappa shape index (κ1) is 22.0. The topological polar surface area (TPSA) is 53.2 Å². The fourth-order valence-corrected chi connectivity index (χ4v) is 2.51. The lowest BCUT2D eigenvalue weighted by Crippen LogP contribution is -2.27. The van der Waals surface area contributed by atoms with Crippen LogP contribution in [0.25, 0.3) is 11.3 Å². The summed E-state index contributed by atoms with van der Waals surface area (Å²) in [6.45, 7) is 0.1000. The van der Waals surface area contributed by atoms with Gasteiger partial charge in [0, 0.05) is 37.0 Å². The Kier molecular flexibility index (Phi) is 6.94. The van der Waals surface area contributed by atoms with E-state index in [4.69, 9.17) is 0 Å². The van der Waals surface area contributed by atoms with Crippen LogP contribution in [0.15, 0.2) is 24.4 Å². The fourth-order valence-electron chi connectivity index (χ4n) is 2.51. The first-order valence-electron chi connectivity index (χ1n) is 8.27. The van der Waals surface area contributed by atoms with Crippen molar-refractivity contribution in [2.75, 3.05) is 33.8 Å². The van der Waals surface area contributed by atoms with Crippen LogP contribution in [0.3, 0.4) is 0 Å². The van der Waals surface area contributed by atoms with Crippen LogP contribution in [-0.4, -0.2) is 55.1 Å². The van der Waals surface area contributed by atoms with Crippen LogP contribution in [0.1, 0.15) is 11.1 Å². The lowest BCUT2D eigenvalue weighted by atomic mass is 10.0. The molecule has 28 heavy (non-hydrogen) atoms. The summed E-state index contributed by atoms with van der Waals surface area (Å²) in [5, 5.41) is 9.56. The molecule has 5 nitrogen and oxygen atoms in total. The summed E-state index contributed by atoms with van der Waals surface area (Å²) in [6, 6.07) is 2.50. The van der Waals surface area contributed by atoms with E-state index in [1.807, 2.05) is 11.9 Å². The lowest BCUT2D eigenvalue weighted by Gasteiger charge is -2.17. The SMILES string of the molecule is CNCCN(C)Cc1c[nH]nc1-c1cc(OCC(F)(F)F)cc(C(F)(F)F)c1. The highest BCUT2D eigenvalue weighted by Crippen LogP contribution is 2.36. The van der Waals surface area contributed by atoms with Gasteiger partial charge in [0.1, 0.15) is 5.75 Å². The quantitative estimate of drug-likeness (QED) is 0.652. The van der Waals surface area contributed by atoms with Gasteiger partial charge < -0.3 is 15.0 Å². The predicted octanol–water partition coefficient (Wildman–Crippen LogP) is 3.69. The van der Waals surface area contributed by atoms with E-state index < -0.39 is 30.3 Å². The summed E-state index contributed by atoms with van der Waals surface area (Å²) in [6.07, 6.45) is -7.87. The minimum Gasteiger partial charge on any atom is -0.484 e. The number of benzene rings is 1. The number of hydrogen-bond donors (Lipinski definition) is 2. The Hall–Kier alpha value is -2.27. The van der Waals surface area contributed by atoms with E-state index in [2.05, 4.69) is 20.3 Å². The molecule has 1 aromatic carbocycles. The number of aromatic nitrogens is 2. The Labute approximate surface area is 157 Å². The average molecular weight is 410 g/mol. The molecule has 0 aliphatic carbocycles. The molecule has 1 aromatic heterocycles. The molecule has 0 bridgehead atoms. The van der Waals surface area contributed by atoms with Crippen LogP contribution in [0, 0.1) is 0 Å². The lowest BCUT2D eigenvalue weighted by molar-refractivity contribution is -0.153. The standard InChI is InChI=1S/C17H20F6N4O/c1-24-3-4-27(2)9-12-8-25-26-15(12)11-5-13(17(21,22)23)7-14(6-11)28-10-16(18,19)20/h5-8,24H,3-4,9-10H2,1-2H3,(H,25,26). The smallest absolute Gasteiger partial charge is 0.422 e. The second-order valence-electron chi connectivity index (χ2n) is 6.25. The summed E-state index contributed by atoms with van der Waals surface area (Å²) in [7, 11) is 3.63. The Balaban J connectivity index is 2.35. The maximum atomic E-state index is 13.2. The third kappa shape index (κ3) is 6.41. The molecule has 0 spiro atoms. The molecule has 0 fully saturated rings. The molecule has 0 aliphatic heterocycles. The van der Waals surface area contributed by atoms with Crippen LogP contribution >= 0.6 is 0 Å². The van der Waals surface area contributed by atoms with Gasteiger partial charge in [-0.2, -0.15) is 31.4 Å². The third-order valence-electron chi connectivity index (χ3n) is 3.81. The number of nitrogens with one attached hydrogen (secondary N) is 2. The molecule has 0 aliphatic rings. The molecule has 2 aromatic rings. The van der Waals surface area contributed by atoms with Crippen LogP contribution in [0.4, 0.5) is 26.3 Å². The summed E-state index contributed by atoms with van der Waals surface area (Å²) in [5.74, 6) is -0.528. The van der Waals surface area contributed by atoms with Gasteiger partial charge in [-0.3, -0.25) is 5.10 Å². The van der Waals surface area contributed by atoms with Gasteiger partial charge >= 0.3 is 12.4 Å². The number of aromatic amines is 1. The zero-order valence-corrected chi connectivity index (χ0v) is 15.2. The van der Waals surface area contributed by atoms with Gasteiger partial charge in [0.2, 0.25) is 0 Å².